The van der Waals surface area contributed by atoms with Crippen molar-refractivity contribution in [2.24, 2.45) is 50.2 Å². The first-order valence-electron chi connectivity index (χ1n) is 28.2. The zero-order chi connectivity index (χ0) is 59.0. The maximum absolute atomic E-state index is 15.2. The van der Waals surface area contributed by atoms with Crippen molar-refractivity contribution in [2.75, 3.05) is 26.4 Å². The predicted molar refractivity (Wildman–Crippen MR) is 266 cm³/mol. The summed E-state index contributed by atoms with van der Waals surface area (Å²) in [7, 11) is 0. The number of fused-ring (bicyclic) bond motifs is 7. The number of aliphatic hydroxyl groups is 17. The van der Waals surface area contributed by atoms with E-state index >= 15 is 4.79 Å². The number of esters is 1. The first-order valence-corrected chi connectivity index (χ1v) is 28.2. The molecule has 9 rings (SSSR count). The van der Waals surface area contributed by atoms with Crippen LogP contribution in [-0.4, -0.2) is 247 Å². The van der Waals surface area contributed by atoms with Crippen LogP contribution >= 0.6 is 0 Å². The Bertz CT molecular complexity index is 2280. The molecule has 0 bridgehead atoms. The van der Waals surface area contributed by atoms with Crippen LogP contribution in [0.3, 0.4) is 0 Å². The minimum absolute atomic E-state index is 0.0676. The molecular weight excluding hydrogens is 1060 g/mol. The van der Waals surface area contributed by atoms with E-state index in [0.29, 0.717) is 51.4 Å². The lowest BCUT2D eigenvalue weighted by Crippen LogP contribution is -2.70. The summed E-state index contributed by atoms with van der Waals surface area (Å²) in [6.07, 6.45) is -25.8. The highest BCUT2D eigenvalue weighted by atomic mass is 16.9. The molecule has 9 unspecified atom stereocenters. The van der Waals surface area contributed by atoms with Crippen molar-refractivity contribution in [3.8, 4) is 0 Å². The van der Waals surface area contributed by atoms with Crippen molar-refractivity contribution in [1.29, 1.82) is 0 Å². The fourth-order valence-corrected chi connectivity index (χ4v) is 16.6. The Balaban J connectivity index is 0.916. The molecule has 4 heterocycles. The molecule has 0 radical (unpaired) electrons. The number of allylic oxidation sites excluding steroid dienone is 1. The summed E-state index contributed by atoms with van der Waals surface area (Å²) < 4.78 is 45.1. The van der Waals surface area contributed by atoms with Gasteiger partial charge in [-0.15, -0.1) is 0 Å². The molecule has 4 saturated carbocycles. The molecule has 17 N–H and O–H groups in total. The second-order valence-corrected chi connectivity index (χ2v) is 26.6. The van der Waals surface area contributed by atoms with Gasteiger partial charge in [0.05, 0.1) is 44.1 Å². The molecule has 5 aliphatic carbocycles. The summed E-state index contributed by atoms with van der Waals surface area (Å²) in [4.78, 5) is 15.2. The molecule has 0 amide bonds. The van der Waals surface area contributed by atoms with Crippen LogP contribution in [-0.2, 0) is 42.7 Å². The maximum atomic E-state index is 15.2. The van der Waals surface area contributed by atoms with Gasteiger partial charge >= 0.3 is 23.9 Å². The topological polar surface area (TPSA) is 435 Å². The maximum Gasteiger partial charge on any atom is 0.357 e. The Labute approximate surface area is 463 Å². The van der Waals surface area contributed by atoms with E-state index in [1.165, 1.54) is 6.92 Å². The van der Waals surface area contributed by atoms with Gasteiger partial charge in [0.2, 0.25) is 0 Å². The molecule has 9 aliphatic rings. The van der Waals surface area contributed by atoms with Crippen LogP contribution in [0.5, 0.6) is 0 Å². The van der Waals surface area contributed by atoms with Crippen molar-refractivity contribution in [3.05, 3.63) is 11.6 Å². The molecule has 80 heavy (non-hydrogen) atoms. The van der Waals surface area contributed by atoms with E-state index < -0.39 is 181 Å². The minimum atomic E-state index is -3.36. The Morgan fingerprint density at radius 1 is 0.588 bits per heavy atom. The van der Waals surface area contributed by atoms with Crippen LogP contribution in [0.15, 0.2) is 11.6 Å². The fourth-order valence-electron chi connectivity index (χ4n) is 16.6. The third-order valence-electron chi connectivity index (χ3n) is 21.8. The molecule has 4 aliphatic heterocycles. The number of ether oxygens (including phenoxy) is 8. The standard InChI is InChI=1S/C54H88O26/c1-23-32(58)35(61)38(64)44(74-23)75-40-27(20-56)77-52(70,43(68)39(40)65)73-21-28-34(60)37(63)42(67)54(72,78-28)80-45(69)51-16-14-46(2,3)18-25(51)24-8-9-30-47(4)12-11-31(79-53(71)41(66)36(62)33(59)26(19-55)76-53)48(5,22-57)29(47)10-13-50(30,7)49(24,6)15-17-51/h18,23-24,26-44,55-68,70-72H,8-17,19-22H2,1-7H3/t23-,24-,26?,27?,28?,29?,30?,31+,32-,33-,34-,35+,36?,37?,38+,39?,40-,41+,42+,43+,44?,47+,48+,49-,50-,51+,52+,53-,54-/m1/s1. The van der Waals surface area contributed by atoms with Crippen LogP contribution in [0.4, 0.5) is 0 Å². The third-order valence-corrected chi connectivity index (χ3v) is 21.8. The van der Waals surface area contributed by atoms with Gasteiger partial charge in [0.1, 0.15) is 73.2 Å². The Kier molecular flexibility index (Phi) is 16.9. The van der Waals surface area contributed by atoms with E-state index in [-0.39, 0.29) is 42.6 Å². The highest BCUT2D eigenvalue weighted by molar-refractivity contribution is 5.82. The Morgan fingerprint density at radius 2 is 1.18 bits per heavy atom. The first kappa shape index (κ1) is 62.8. The average Bonchev–Trinajstić information content (AvgIpc) is 3.51. The summed E-state index contributed by atoms with van der Waals surface area (Å²) >= 11 is 0. The van der Waals surface area contributed by atoms with Crippen LogP contribution < -0.4 is 0 Å². The molecule has 29 atom stereocenters. The van der Waals surface area contributed by atoms with Crippen LogP contribution in [0.2, 0.25) is 0 Å². The van der Waals surface area contributed by atoms with E-state index in [4.69, 9.17) is 37.9 Å². The quantitative estimate of drug-likeness (QED) is 0.0382. The SMILES string of the molecule is C[C@H]1OC(O[C@@H]2C(CO)O[C@@](O)(OCC3O[C@@](O)(OC(=O)[C@]45CCC(C)(C)C=C4[C@H]4CCC6[C@@]7(C)CC[C@H](O[C@]8(O)OC(CO)[C@@H](O)C(O)[C@@H]8O)[C@@](C)(CO)C7CC[C@@]6(C)[C@]4(C)CC5)[C@@H](O)C(O)[C@@H]3O)[C@@H](O)C2O)[C@@H](O)[C@@H](O)[C@@H]1O. The van der Waals surface area contributed by atoms with Gasteiger partial charge in [-0.05, 0) is 111 Å². The molecular formula is C54H88O26. The normalized spacial score (nSPS) is 55.9. The van der Waals surface area contributed by atoms with Gasteiger partial charge < -0.3 is 125 Å². The van der Waals surface area contributed by atoms with Gasteiger partial charge in [-0.2, -0.15) is 0 Å². The van der Waals surface area contributed by atoms with Crippen LogP contribution in [0.25, 0.3) is 0 Å². The lowest BCUT2D eigenvalue weighted by molar-refractivity contribution is -0.474. The highest BCUT2D eigenvalue weighted by Crippen LogP contribution is 2.77. The highest BCUT2D eigenvalue weighted by Gasteiger charge is 2.72. The van der Waals surface area contributed by atoms with Gasteiger partial charge in [0.15, 0.2) is 24.6 Å². The molecule has 0 aromatic carbocycles. The summed E-state index contributed by atoms with van der Waals surface area (Å²) in [5, 5.41) is 185. The zero-order valence-electron chi connectivity index (χ0n) is 46.4. The molecule has 26 heteroatoms. The van der Waals surface area contributed by atoms with Crippen LogP contribution in [0, 0.1) is 50.2 Å². The first-order chi connectivity index (χ1) is 37.1. The van der Waals surface area contributed by atoms with E-state index in [9.17, 15) is 86.8 Å². The molecule has 26 nitrogen and oxygen atoms in total. The third kappa shape index (κ3) is 9.68. The zero-order valence-corrected chi connectivity index (χ0v) is 46.4. The molecule has 8 fully saturated rings. The number of carbonyl (C=O) groups excluding carboxylic acids is 1. The molecule has 460 valence electrons. The van der Waals surface area contributed by atoms with Crippen molar-refractivity contribution >= 4 is 5.97 Å². The van der Waals surface area contributed by atoms with Gasteiger partial charge in [0.25, 0.3) is 0 Å². The van der Waals surface area contributed by atoms with Crippen molar-refractivity contribution in [2.45, 2.75) is 241 Å². The van der Waals surface area contributed by atoms with E-state index in [2.05, 4.69) is 40.7 Å². The lowest BCUT2D eigenvalue weighted by atomic mass is 9.32. The Morgan fingerprint density at radius 3 is 1.81 bits per heavy atom. The van der Waals surface area contributed by atoms with E-state index in [1.807, 2.05) is 6.92 Å². The number of hydrogen-bond donors (Lipinski definition) is 17. The lowest BCUT2D eigenvalue weighted by Gasteiger charge is -2.72. The van der Waals surface area contributed by atoms with Gasteiger partial charge in [0, 0.05) is 5.41 Å². The summed E-state index contributed by atoms with van der Waals surface area (Å²) in [5.41, 5.74) is -3.20. The van der Waals surface area contributed by atoms with Gasteiger partial charge in [-0.25, -0.2) is 0 Å². The Hall–Kier alpha value is -1.75. The number of carbonyl (C=O) groups is 1. The monoisotopic (exact) mass is 1150 g/mol. The van der Waals surface area contributed by atoms with Crippen LogP contribution in [0.1, 0.15) is 113 Å². The summed E-state index contributed by atoms with van der Waals surface area (Å²) in [6, 6.07) is 0. The van der Waals surface area contributed by atoms with Gasteiger partial charge in [-0.3, -0.25) is 4.79 Å². The molecule has 0 aromatic heterocycles. The second-order valence-electron chi connectivity index (χ2n) is 26.6. The number of hydrogen-bond acceptors (Lipinski definition) is 26. The van der Waals surface area contributed by atoms with E-state index in [0.717, 1.165) is 5.57 Å². The summed E-state index contributed by atoms with van der Waals surface area (Å²) in [6.45, 7) is 10.9. The largest absolute Gasteiger partial charge is 0.405 e. The molecule has 0 aromatic rings. The molecule has 4 saturated heterocycles. The predicted octanol–water partition coefficient (Wildman–Crippen LogP) is -4.08. The van der Waals surface area contributed by atoms with Crippen molar-refractivity contribution in [3.63, 3.8) is 0 Å². The summed E-state index contributed by atoms with van der Waals surface area (Å²) in [5.74, 6) is -10.7. The smallest absolute Gasteiger partial charge is 0.357 e. The van der Waals surface area contributed by atoms with Crippen molar-refractivity contribution in [1.82, 2.24) is 0 Å². The number of rotatable bonds is 12. The number of aliphatic hydroxyl groups excluding tert-OH is 14. The fraction of sp³-hybridized carbons (Fsp3) is 0.944. The average molecular weight is 1150 g/mol. The van der Waals surface area contributed by atoms with Crippen molar-refractivity contribution < 1.29 is 130 Å². The molecule has 0 spiro atoms. The minimum Gasteiger partial charge on any atom is -0.405 e. The second kappa shape index (κ2) is 21.6. The van der Waals surface area contributed by atoms with Gasteiger partial charge in [-0.1, -0.05) is 53.2 Å². The van der Waals surface area contributed by atoms with E-state index in [1.54, 1.807) is 0 Å².